The van der Waals surface area contributed by atoms with Crippen LogP contribution in [0.2, 0.25) is 0 Å². The van der Waals surface area contributed by atoms with E-state index in [2.05, 4.69) is 47.6 Å². The maximum atomic E-state index is 2.34. The summed E-state index contributed by atoms with van der Waals surface area (Å²) in [6, 6.07) is 8.53. The normalized spacial score (nSPS) is 14.4. The fourth-order valence-corrected chi connectivity index (χ4v) is 2.32. The molecule has 2 rings (SSSR count). The van der Waals surface area contributed by atoms with E-state index >= 15 is 0 Å². The Kier molecular flexibility index (Phi) is 2.60. The van der Waals surface area contributed by atoms with Crippen LogP contribution < -0.4 is 4.31 Å². The largest absolute Gasteiger partial charge is 0.312 e. The lowest BCUT2D eigenvalue weighted by Crippen LogP contribution is -2.17. The predicted molar refractivity (Wildman–Crippen MR) is 61.0 cm³/mol. The fraction of sp³-hybridized carbons (Fsp3) is 0.273. The Labute approximate surface area is 83.6 Å². The highest BCUT2D eigenvalue weighted by molar-refractivity contribution is 8.00. The third-order valence-corrected chi connectivity index (χ3v) is 2.97. The Morgan fingerprint density at radius 3 is 3.08 bits per heavy atom. The fourth-order valence-electron chi connectivity index (χ4n) is 1.51. The first kappa shape index (κ1) is 8.70. The molecule has 0 fully saturated rings. The molecular formula is C11H13NS. The van der Waals surface area contributed by atoms with E-state index in [4.69, 9.17) is 0 Å². The summed E-state index contributed by atoms with van der Waals surface area (Å²) in [6.07, 6.45) is 4.41. The lowest BCUT2D eigenvalue weighted by atomic mass is 10.1. The minimum absolute atomic E-state index is 1.02. The van der Waals surface area contributed by atoms with Crippen molar-refractivity contribution >= 4 is 23.7 Å². The van der Waals surface area contributed by atoms with Crippen molar-refractivity contribution in [2.24, 2.45) is 0 Å². The summed E-state index contributed by atoms with van der Waals surface area (Å²) in [7, 11) is 0. The van der Waals surface area contributed by atoms with E-state index in [0.717, 1.165) is 12.3 Å². The van der Waals surface area contributed by atoms with Crippen molar-refractivity contribution in [3.05, 3.63) is 35.9 Å². The molecule has 1 aromatic rings. The lowest BCUT2D eigenvalue weighted by molar-refractivity contribution is 1.19. The molecule has 0 N–H and O–H groups in total. The zero-order valence-corrected chi connectivity index (χ0v) is 8.55. The Bertz CT molecular complexity index is 320. The first-order valence-electron chi connectivity index (χ1n) is 4.58. The van der Waals surface area contributed by atoms with Gasteiger partial charge in [-0.05, 0) is 23.6 Å². The summed E-state index contributed by atoms with van der Waals surface area (Å²) < 4.78 is 2.34. The number of rotatable bonds is 2. The van der Waals surface area contributed by atoms with Gasteiger partial charge in [-0.15, -0.1) is 0 Å². The van der Waals surface area contributed by atoms with Gasteiger partial charge in [0.1, 0.15) is 0 Å². The molecule has 1 aliphatic heterocycles. The van der Waals surface area contributed by atoms with Gasteiger partial charge in [-0.25, -0.2) is 0 Å². The van der Waals surface area contributed by atoms with Crippen molar-refractivity contribution in [3.8, 4) is 0 Å². The van der Waals surface area contributed by atoms with E-state index in [1.54, 1.807) is 0 Å². The van der Waals surface area contributed by atoms with Crippen LogP contribution in [0.5, 0.6) is 0 Å². The molecule has 0 bridgehead atoms. The summed E-state index contributed by atoms with van der Waals surface area (Å²) in [6.45, 7) is 3.21. The molecule has 0 amide bonds. The Hall–Kier alpha value is -0.890. The van der Waals surface area contributed by atoms with Crippen LogP contribution in [0.4, 0.5) is 5.69 Å². The quantitative estimate of drug-likeness (QED) is 0.660. The predicted octanol–water partition coefficient (Wildman–Crippen LogP) is 3.19. The second-order valence-corrected chi connectivity index (χ2v) is 4.22. The van der Waals surface area contributed by atoms with Crippen molar-refractivity contribution in [2.75, 3.05) is 16.6 Å². The third kappa shape index (κ3) is 1.73. The number of para-hydroxylation sites is 1. The van der Waals surface area contributed by atoms with Gasteiger partial charge in [-0.3, -0.25) is 0 Å². The average Bonchev–Trinajstić information content (AvgIpc) is 2.19. The molecule has 1 nitrogen and oxygen atoms in total. The second kappa shape index (κ2) is 3.88. The van der Waals surface area contributed by atoms with Gasteiger partial charge in [0.05, 0.1) is 5.69 Å². The summed E-state index contributed by atoms with van der Waals surface area (Å²) in [5.41, 5.74) is 2.67. The number of nitrogens with zero attached hydrogens (tertiary/aromatic N) is 1. The second-order valence-electron chi connectivity index (χ2n) is 2.94. The van der Waals surface area contributed by atoms with Crippen LogP contribution in [-0.2, 0) is 0 Å². The molecule has 0 atom stereocenters. The maximum Gasteiger partial charge on any atom is 0.0545 e. The minimum atomic E-state index is 1.02. The van der Waals surface area contributed by atoms with Crippen LogP contribution in [0.25, 0.3) is 6.08 Å². The van der Waals surface area contributed by atoms with E-state index in [-0.39, 0.29) is 0 Å². The van der Waals surface area contributed by atoms with Gasteiger partial charge >= 0.3 is 0 Å². The topological polar surface area (TPSA) is 3.24 Å². The molecule has 1 aliphatic rings. The average molecular weight is 191 g/mol. The number of benzene rings is 1. The molecule has 0 saturated carbocycles. The number of hydrogen-bond donors (Lipinski definition) is 0. The third-order valence-electron chi connectivity index (χ3n) is 2.06. The number of anilines is 1. The van der Waals surface area contributed by atoms with Crippen molar-refractivity contribution in [2.45, 2.75) is 6.92 Å². The summed E-state index contributed by atoms with van der Waals surface area (Å²) in [5, 5.41) is 0. The molecule has 0 saturated heterocycles. The van der Waals surface area contributed by atoms with Gasteiger partial charge in [0.2, 0.25) is 0 Å². The first-order chi connectivity index (χ1) is 6.42. The molecule has 1 aromatic carbocycles. The van der Waals surface area contributed by atoms with Gasteiger partial charge in [-0.1, -0.05) is 37.3 Å². The van der Waals surface area contributed by atoms with Crippen molar-refractivity contribution in [1.82, 2.24) is 0 Å². The standard InChI is InChI=1S/C11H13NS/c1-2-13-12-9-5-7-10-6-3-4-8-11(10)12/h3-8H,2,9H2,1H3. The van der Waals surface area contributed by atoms with Crippen molar-refractivity contribution in [1.29, 1.82) is 0 Å². The number of fused-ring (bicyclic) bond motifs is 1. The SMILES string of the molecule is CCSN1CC=Cc2ccccc21. The highest BCUT2D eigenvalue weighted by atomic mass is 32.2. The molecule has 0 unspecified atom stereocenters. The van der Waals surface area contributed by atoms with Crippen LogP contribution in [-0.4, -0.2) is 12.3 Å². The van der Waals surface area contributed by atoms with E-state index in [0.29, 0.717) is 0 Å². The smallest absolute Gasteiger partial charge is 0.0545 e. The summed E-state index contributed by atoms with van der Waals surface area (Å²) in [4.78, 5) is 0. The zero-order chi connectivity index (χ0) is 9.10. The van der Waals surface area contributed by atoms with Crippen molar-refractivity contribution < 1.29 is 0 Å². The molecule has 13 heavy (non-hydrogen) atoms. The van der Waals surface area contributed by atoms with Crippen LogP contribution in [0, 0.1) is 0 Å². The van der Waals surface area contributed by atoms with Crippen LogP contribution >= 0.6 is 11.9 Å². The summed E-state index contributed by atoms with van der Waals surface area (Å²) in [5.74, 6) is 1.13. The lowest BCUT2D eigenvalue weighted by Gasteiger charge is -2.25. The molecule has 0 aliphatic carbocycles. The Morgan fingerprint density at radius 1 is 1.38 bits per heavy atom. The molecule has 2 heteroatoms. The van der Waals surface area contributed by atoms with E-state index < -0.39 is 0 Å². The highest BCUT2D eigenvalue weighted by Crippen LogP contribution is 2.30. The summed E-state index contributed by atoms with van der Waals surface area (Å²) >= 11 is 1.88. The van der Waals surface area contributed by atoms with Crippen LogP contribution in [0.1, 0.15) is 12.5 Å². The minimum Gasteiger partial charge on any atom is -0.312 e. The monoisotopic (exact) mass is 191 g/mol. The molecule has 0 aromatic heterocycles. The molecule has 1 heterocycles. The molecular weight excluding hydrogens is 178 g/mol. The molecule has 68 valence electrons. The van der Waals surface area contributed by atoms with Gasteiger partial charge in [0.15, 0.2) is 0 Å². The van der Waals surface area contributed by atoms with Crippen molar-refractivity contribution in [3.63, 3.8) is 0 Å². The van der Waals surface area contributed by atoms with Crippen LogP contribution in [0.3, 0.4) is 0 Å². The van der Waals surface area contributed by atoms with Crippen LogP contribution in [0.15, 0.2) is 30.3 Å². The van der Waals surface area contributed by atoms with Gasteiger partial charge < -0.3 is 4.31 Å². The van der Waals surface area contributed by atoms with Gasteiger partial charge in [-0.2, -0.15) is 0 Å². The van der Waals surface area contributed by atoms with E-state index in [9.17, 15) is 0 Å². The highest BCUT2D eigenvalue weighted by Gasteiger charge is 2.11. The zero-order valence-electron chi connectivity index (χ0n) is 7.73. The van der Waals surface area contributed by atoms with E-state index in [1.807, 2.05) is 11.9 Å². The van der Waals surface area contributed by atoms with Gasteiger partial charge in [0, 0.05) is 12.3 Å². The molecule has 0 radical (unpaired) electrons. The Morgan fingerprint density at radius 2 is 2.23 bits per heavy atom. The number of hydrogen-bond acceptors (Lipinski definition) is 2. The van der Waals surface area contributed by atoms with Gasteiger partial charge in [0.25, 0.3) is 0 Å². The first-order valence-corrected chi connectivity index (χ1v) is 5.52. The maximum absolute atomic E-state index is 2.34. The Balaban J connectivity index is 2.32. The molecule has 0 spiro atoms. The van der Waals surface area contributed by atoms with E-state index in [1.165, 1.54) is 11.3 Å².